The normalized spacial score (nSPS) is 12.5. The number of nitrogens with one attached hydrogen (secondary N) is 1. The van der Waals surface area contributed by atoms with Crippen molar-refractivity contribution in [3.63, 3.8) is 0 Å². The second-order valence-corrected chi connectivity index (χ2v) is 4.72. The van der Waals surface area contributed by atoms with Gasteiger partial charge in [0.15, 0.2) is 0 Å². The number of rotatable bonds is 5. The van der Waals surface area contributed by atoms with Crippen molar-refractivity contribution >= 4 is 11.6 Å². The smallest absolute Gasteiger partial charge is 0.253 e. The third kappa shape index (κ3) is 4.33. The zero-order chi connectivity index (χ0) is 13.7. The van der Waals surface area contributed by atoms with Gasteiger partial charge in [-0.1, -0.05) is 13.8 Å². The minimum absolute atomic E-state index is 0.0887. The van der Waals surface area contributed by atoms with Crippen molar-refractivity contribution in [1.82, 2.24) is 5.32 Å². The molecule has 18 heavy (non-hydrogen) atoms. The predicted octanol–water partition coefficient (Wildman–Crippen LogP) is 1.54. The highest BCUT2D eigenvalue weighted by molar-refractivity contribution is 5.99. The van der Waals surface area contributed by atoms with Crippen molar-refractivity contribution in [1.29, 1.82) is 0 Å². The van der Waals surface area contributed by atoms with E-state index in [1.165, 1.54) is 12.1 Å². The number of carbonyl (C=O) groups is 1. The molecule has 4 nitrogen and oxygen atoms in total. The van der Waals surface area contributed by atoms with Crippen molar-refractivity contribution in [3.05, 3.63) is 29.6 Å². The largest absolute Gasteiger partial charge is 0.398 e. The van der Waals surface area contributed by atoms with Gasteiger partial charge in [-0.05, 0) is 30.5 Å². The minimum atomic E-state index is -0.587. The molecule has 0 aliphatic rings. The minimum Gasteiger partial charge on any atom is -0.398 e. The van der Waals surface area contributed by atoms with Crippen LogP contribution in [-0.2, 0) is 0 Å². The first-order valence-corrected chi connectivity index (χ1v) is 5.91. The van der Waals surface area contributed by atoms with Gasteiger partial charge in [-0.15, -0.1) is 0 Å². The maximum absolute atomic E-state index is 12.8. The Morgan fingerprint density at radius 3 is 2.72 bits per heavy atom. The molecule has 1 aromatic rings. The van der Waals surface area contributed by atoms with Crippen molar-refractivity contribution in [2.24, 2.45) is 5.92 Å². The molecular weight excluding hydrogens is 235 g/mol. The van der Waals surface area contributed by atoms with Crippen LogP contribution in [0, 0.1) is 11.7 Å². The van der Waals surface area contributed by atoms with Crippen molar-refractivity contribution in [2.75, 3.05) is 12.3 Å². The molecule has 5 heteroatoms. The van der Waals surface area contributed by atoms with Crippen LogP contribution in [0.2, 0.25) is 0 Å². The second-order valence-electron chi connectivity index (χ2n) is 4.72. The summed E-state index contributed by atoms with van der Waals surface area (Å²) in [5.74, 6) is -0.535. The van der Waals surface area contributed by atoms with Gasteiger partial charge in [0.2, 0.25) is 0 Å². The number of benzene rings is 1. The molecule has 1 amide bonds. The van der Waals surface area contributed by atoms with E-state index in [9.17, 15) is 14.3 Å². The van der Waals surface area contributed by atoms with E-state index in [1.807, 2.05) is 13.8 Å². The SMILES string of the molecule is CC(C)CC(O)CNC(=O)c1ccc(F)cc1N. The van der Waals surface area contributed by atoms with E-state index in [4.69, 9.17) is 5.73 Å². The first-order chi connectivity index (χ1) is 8.40. The number of nitrogen functional groups attached to an aromatic ring is 1. The predicted molar refractivity (Wildman–Crippen MR) is 68.6 cm³/mol. The van der Waals surface area contributed by atoms with Gasteiger partial charge in [-0.3, -0.25) is 4.79 Å². The molecule has 0 heterocycles. The monoisotopic (exact) mass is 254 g/mol. The van der Waals surface area contributed by atoms with Crippen LogP contribution in [0.1, 0.15) is 30.6 Å². The molecule has 0 fully saturated rings. The lowest BCUT2D eigenvalue weighted by Gasteiger charge is -2.14. The summed E-state index contributed by atoms with van der Waals surface area (Å²) in [5, 5.41) is 12.2. The van der Waals surface area contributed by atoms with Gasteiger partial charge >= 0.3 is 0 Å². The summed E-state index contributed by atoms with van der Waals surface area (Å²) in [7, 11) is 0. The molecule has 1 aromatic carbocycles. The Balaban J connectivity index is 2.55. The van der Waals surface area contributed by atoms with Gasteiger partial charge < -0.3 is 16.2 Å². The van der Waals surface area contributed by atoms with E-state index in [0.29, 0.717) is 12.3 Å². The highest BCUT2D eigenvalue weighted by atomic mass is 19.1. The van der Waals surface area contributed by atoms with Crippen molar-refractivity contribution in [2.45, 2.75) is 26.4 Å². The lowest BCUT2D eigenvalue weighted by molar-refractivity contribution is 0.0901. The Morgan fingerprint density at radius 1 is 1.50 bits per heavy atom. The molecule has 4 N–H and O–H groups in total. The number of nitrogens with two attached hydrogens (primary N) is 1. The first kappa shape index (κ1) is 14.4. The Kier molecular flexibility index (Phi) is 5.09. The molecule has 1 unspecified atom stereocenters. The fourth-order valence-corrected chi connectivity index (χ4v) is 1.67. The number of anilines is 1. The number of aliphatic hydroxyl groups is 1. The summed E-state index contributed by atoms with van der Waals surface area (Å²) >= 11 is 0. The van der Waals surface area contributed by atoms with Gasteiger partial charge in [0.25, 0.3) is 5.91 Å². The van der Waals surface area contributed by atoms with E-state index >= 15 is 0 Å². The lowest BCUT2D eigenvalue weighted by Crippen LogP contribution is -2.33. The molecular formula is C13H19FN2O2. The van der Waals surface area contributed by atoms with Crippen LogP contribution in [-0.4, -0.2) is 23.7 Å². The fourth-order valence-electron chi connectivity index (χ4n) is 1.67. The molecule has 0 spiro atoms. The van der Waals surface area contributed by atoms with Gasteiger partial charge in [0.1, 0.15) is 5.82 Å². The molecule has 0 aliphatic carbocycles. The van der Waals surface area contributed by atoms with Crippen molar-refractivity contribution < 1.29 is 14.3 Å². The van der Waals surface area contributed by atoms with Crippen LogP contribution >= 0.6 is 0 Å². The van der Waals surface area contributed by atoms with Crippen LogP contribution in [0.3, 0.4) is 0 Å². The van der Waals surface area contributed by atoms with Crippen LogP contribution in [0.25, 0.3) is 0 Å². The Labute approximate surface area is 106 Å². The standard InChI is InChI=1S/C13H19FN2O2/c1-8(2)5-10(17)7-16-13(18)11-4-3-9(14)6-12(11)15/h3-4,6,8,10,17H,5,7,15H2,1-2H3,(H,16,18). The molecule has 0 aromatic heterocycles. The van der Waals surface area contributed by atoms with Gasteiger partial charge in [0.05, 0.1) is 11.7 Å². The van der Waals surface area contributed by atoms with E-state index in [-0.39, 0.29) is 17.8 Å². The summed E-state index contributed by atoms with van der Waals surface area (Å²) in [5.41, 5.74) is 5.85. The molecule has 0 saturated carbocycles. The van der Waals surface area contributed by atoms with Crippen LogP contribution in [0.15, 0.2) is 18.2 Å². The first-order valence-electron chi connectivity index (χ1n) is 5.91. The van der Waals surface area contributed by atoms with Crippen molar-refractivity contribution in [3.8, 4) is 0 Å². The fraction of sp³-hybridized carbons (Fsp3) is 0.462. The van der Waals surface area contributed by atoms with E-state index < -0.39 is 17.8 Å². The maximum Gasteiger partial charge on any atom is 0.253 e. The van der Waals surface area contributed by atoms with Crippen LogP contribution in [0.4, 0.5) is 10.1 Å². The third-order valence-electron chi connectivity index (χ3n) is 2.50. The molecule has 1 atom stereocenters. The highest BCUT2D eigenvalue weighted by Crippen LogP contribution is 2.13. The molecule has 0 radical (unpaired) electrons. The molecule has 100 valence electrons. The topological polar surface area (TPSA) is 75.3 Å². The quantitative estimate of drug-likeness (QED) is 0.698. The summed E-state index contributed by atoms with van der Waals surface area (Å²) in [6, 6.07) is 3.60. The molecule has 0 saturated heterocycles. The van der Waals surface area contributed by atoms with Gasteiger partial charge in [0, 0.05) is 12.2 Å². The van der Waals surface area contributed by atoms with E-state index in [0.717, 1.165) is 6.07 Å². The Hall–Kier alpha value is -1.62. The summed E-state index contributed by atoms with van der Waals surface area (Å²) in [6.07, 6.45) is 0.0229. The summed E-state index contributed by atoms with van der Waals surface area (Å²) in [6.45, 7) is 4.14. The van der Waals surface area contributed by atoms with Crippen LogP contribution < -0.4 is 11.1 Å². The average molecular weight is 254 g/mol. The molecule has 0 bridgehead atoms. The van der Waals surface area contributed by atoms with E-state index in [1.54, 1.807) is 0 Å². The summed E-state index contributed by atoms with van der Waals surface area (Å²) < 4.78 is 12.8. The second kappa shape index (κ2) is 6.35. The number of hydrogen-bond donors (Lipinski definition) is 3. The molecule has 0 aliphatic heterocycles. The zero-order valence-corrected chi connectivity index (χ0v) is 10.6. The molecule has 1 rings (SSSR count). The number of hydrogen-bond acceptors (Lipinski definition) is 3. The number of carbonyl (C=O) groups excluding carboxylic acids is 1. The number of aliphatic hydroxyl groups excluding tert-OH is 1. The highest BCUT2D eigenvalue weighted by Gasteiger charge is 2.12. The summed E-state index contributed by atoms with van der Waals surface area (Å²) in [4.78, 5) is 11.7. The van der Waals surface area contributed by atoms with Crippen LogP contribution in [0.5, 0.6) is 0 Å². The number of halogens is 1. The van der Waals surface area contributed by atoms with E-state index in [2.05, 4.69) is 5.32 Å². The Morgan fingerprint density at radius 2 is 2.17 bits per heavy atom. The van der Waals surface area contributed by atoms with Gasteiger partial charge in [-0.25, -0.2) is 4.39 Å². The average Bonchev–Trinajstić information content (AvgIpc) is 2.25. The maximum atomic E-state index is 12.8. The number of amides is 1. The third-order valence-corrected chi connectivity index (χ3v) is 2.50. The lowest BCUT2D eigenvalue weighted by atomic mass is 10.1. The zero-order valence-electron chi connectivity index (χ0n) is 10.6. The Bertz CT molecular complexity index is 421. The van der Waals surface area contributed by atoms with Gasteiger partial charge in [-0.2, -0.15) is 0 Å².